The van der Waals surface area contributed by atoms with Crippen LogP contribution >= 0.6 is 0 Å². The van der Waals surface area contributed by atoms with Crippen molar-refractivity contribution in [3.63, 3.8) is 0 Å². The lowest BCUT2D eigenvalue weighted by Gasteiger charge is -2.35. The molecule has 4 aromatic rings. The number of hydrogen-bond donors (Lipinski definition) is 2. The highest BCUT2D eigenvalue weighted by molar-refractivity contribution is 7.87. The predicted octanol–water partition coefficient (Wildman–Crippen LogP) is 7.67. The van der Waals surface area contributed by atoms with Crippen molar-refractivity contribution in [3.05, 3.63) is 117 Å². The van der Waals surface area contributed by atoms with Gasteiger partial charge in [0.15, 0.2) is 0 Å². The average Bonchev–Trinajstić information content (AvgIpc) is 3.37. The standard InChI is InChI=1S/C41H44O7S/c1-25(2)47-38-30-13-7-14-31(38)22-33-16-8-15-32(39(33)48-49(45,46)24-41-18-17-34(23-35(41)42)40(41,3)4)21-29-12-6-10-27(37(29)44)19-26-9-5-11-28(20-30)36(26)43/h5-16,25,34,43-44H,17-24H2,1-4H3/t34-,41-/m0/s1. The van der Waals surface area contributed by atoms with E-state index in [1.807, 2.05) is 100 Å². The van der Waals surface area contributed by atoms with Crippen LogP contribution in [-0.4, -0.2) is 36.3 Å². The van der Waals surface area contributed by atoms with Gasteiger partial charge in [0.05, 0.1) is 17.3 Å². The Labute approximate surface area is 289 Å². The predicted molar refractivity (Wildman–Crippen MR) is 189 cm³/mol. The van der Waals surface area contributed by atoms with Crippen molar-refractivity contribution in [2.24, 2.45) is 16.7 Å². The lowest BCUT2D eigenvalue weighted by atomic mass is 9.70. The summed E-state index contributed by atoms with van der Waals surface area (Å²) in [5.41, 5.74) is 4.26. The van der Waals surface area contributed by atoms with Gasteiger partial charge in [0, 0.05) is 43.2 Å². The highest BCUT2D eigenvalue weighted by Crippen LogP contribution is 2.64. The Morgan fingerprint density at radius 3 is 1.53 bits per heavy atom. The van der Waals surface area contributed by atoms with Gasteiger partial charge < -0.3 is 19.1 Å². The maximum Gasteiger partial charge on any atom is 0.310 e. The summed E-state index contributed by atoms with van der Waals surface area (Å²) in [6.07, 6.45) is 2.88. The van der Waals surface area contributed by atoms with Gasteiger partial charge in [-0.2, -0.15) is 8.42 Å². The number of phenolic OH excluding ortho intramolecular Hbond substituents is 2. The van der Waals surface area contributed by atoms with Gasteiger partial charge in [0.2, 0.25) is 0 Å². The van der Waals surface area contributed by atoms with E-state index in [0.29, 0.717) is 65.7 Å². The van der Waals surface area contributed by atoms with E-state index in [0.717, 1.165) is 23.1 Å². The molecule has 0 amide bonds. The Morgan fingerprint density at radius 2 is 1.12 bits per heavy atom. The molecule has 7 nitrogen and oxygen atoms in total. The molecule has 2 N–H and O–H groups in total. The minimum absolute atomic E-state index is 0.0146. The minimum Gasteiger partial charge on any atom is -0.507 e. The van der Waals surface area contributed by atoms with Crippen LogP contribution in [0.15, 0.2) is 72.8 Å². The first kappa shape index (κ1) is 33.2. The molecule has 0 aromatic heterocycles. The number of para-hydroxylation sites is 4. The zero-order valence-electron chi connectivity index (χ0n) is 28.6. The monoisotopic (exact) mass is 680 g/mol. The highest BCUT2D eigenvalue weighted by atomic mass is 32.2. The number of Topliss-reactive ketones (excluding diaryl/α,β-unsaturated/α-hetero) is 1. The molecule has 0 spiro atoms. The van der Waals surface area contributed by atoms with Crippen LogP contribution in [0.4, 0.5) is 0 Å². The van der Waals surface area contributed by atoms with Crippen molar-refractivity contribution in [3.8, 4) is 23.0 Å². The third kappa shape index (κ3) is 5.88. The molecule has 10 bridgehead atoms. The zero-order chi connectivity index (χ0) is 34.7. The van der Waals surface area contributed by atoms with Crippen molar-refractivity contribution in [1.82, 2.24) is 0 Å². The summed E-state index contributed by atoms with van der Waals surface area (Å²) in [6.45, 7) is 7.97. The molecule has 0 heterocycles. The van der Waals surface area contributed by atoms with Crippen LogP contribution < -0.4 is 8.92 Å². The Hall–Kier alpha value is -4.30. The molecule has 2 saturated carbocycles. The number of hydrogen-bond acceptors (Lipinski definition) is 7. The normalized spacial score (nSPS) is 21.2. The topological polar surface area (TPSA) is 110 Å². The number of fused-ring (bicyclic) bond motifs is 10. The van der Waals surface area contributed by atoms with Gasteiger partial charge in [-0.3, -0.25) is 4.79 Å². The van der Waals surface area contributed by atoms with E-state index in [1.165, 1.54) is 0 Å². The number of carbonyl (C=O) groups excluding carboxylic acids is 1. The van der Waals surface area contributed by atoms with Crippen LogP contribution in [0.5, 0.6) is 23.0 Å². The van der Waals surface area contributed by atoms with Crippen LogP contribution in [0.1, 0.15) is 91.5 Å². The number of aromatic hydroxyl groups is 2. The lowest BCUT2D eigenvalue weighted by molar-refractivity contribution is -0.128. The number of phenols is 2. The van der Waals surface area contributed by atoms with Crippen LogP contribution in [0.25, 0.3) is 0 Å². The number of carbonyl (C=O) groups is 1. The molecule has 8 heteroatoms. The summed E-state index contributed by atoms with van der Waals surface area (Å²) in [4.78, 5) is 13.3. The van der Waals surface area contributed by atoms with Gasteiger partial charge in [-0.1, -0.05) is 86.6 Å². The number of rotatable bonds is 6. The van der Waals surface area contributed by atoms with E-state index >= 15 is 0 Å². The Morgan fingerprint density at radius 1 is 0.714 bits per heavy atom. The molecular weight excluding hydrogens is 637 g/mol. The molecule has 256 valence electrons. The Bertz CT molecular complexity index is 2060. The molecule has 49 heavy (non-hydrogen) atoms. The Balaban J connectivity index is 1.38. The summed E-state index contributed by atoms with van der Waals surface area (Å²) >= 11 is 0. The number of benzene rings is 4. The van der Waals surface area contributed by atoms with Gasteiger partial charge >= 0.3 is 10.1 Å². The van der Waals surface area contributed by atoms with Gasteiger partial charge in [-0.25, -0.2) is 0 Å². The van der Waals surface area contributed by atoms with Crippen molar-refractivity contribution in [1.29, 1.82) is 0 Å². The first-order valence-corrected chi connectivity index (χ1v) is 18.8. The maximum atomic E-state index is 14.2. The van der Waals surface area contributed by atoms with Gasteiger partial charge in [0.25, 0.3) is 0 Å². The first-order chi connectivity index (χ1) is 23.3. The summed E-state index contributed by atoms with van der Waals surface area (Å²) < 4.78 is 40.9. The smallest absolute Gasteiger partial charge is 0.310 e. The van der Waals surface area contributed by atoms with Crippen molar-refractivity contribution < 1.29 is 32.3 Å². The third-order valence-electron chi connectivity index (χ3n) is 11.4. The second-order valence-electron chi connectivity index (χ2n) is 15.0. The molecule has 2 atom stereocenters. The van der Waals surface area contributed by atoms with Crippen LogP contribution in [-0.2, 0) is 40.6 Å². The van der Waals surface area contributed by atoms with Crippen molar-refractivity contribution >= 4 is 15.9 Å². The average molecular weight is 681 g/mol. The van der Waals surface area contributed by atoms with Crippen LogP contribution in [0, 0.1) is 16.7 Å². The molecule has 2 fully saturated rings. The van der Waals surface area contributed by atoms with Crippen molar-refractivity contribution in [2.75, 3.05) is 5.75 Å². The molecular formula is C41H44O7S. The minimum atomic E-state index is -4.24. The maximum absolute atomic E-state index is 14.2. The van der Waals surface area contributed by atoms with Crippen LogP contribution in [0.3, 0.4) is 0 Å². The van der Waals surface area contributed by atoms with Gasteiger partial charge in [-0.05, 0) is 71.4 Å². The fourth-order valence-electron chi connectivity index (χ4n) is 8.57. The number of ketones is 1. The molecule has 4 aromatic carbocycles. The molecule has 0 aliphatic heterocycles. The first-order valence-electron chi connectivity index (χ1n) is 17.2. The van der Waals surface area contributed by atoms with Gasteiger partial charge in [-0.15, -0.1) is 0 Å². The largest absolute Gasteiger partial charge is 0.507 e. The third-order valence-corrected chi connectivity index (χ3v) is 12.7. The summed E-state index contributed by atoms with van der Waals surface area (Å²) in [5.74, 6) is 1.00. The van der Waals surface area contributed by atoms with E-state index in [9.17, 15) is 23.4 Å². The summed E-state index contributed by atoms with van der Waals surface area (Å²) in [5, 5.41) is 22.9. The summed E-state index contributed by atoms with van der Waals surface area (Å²) in [7, 11) is -4.24. The molecule has 3 aliphatic carbocycles. The molecule has 3 aliphatic rings. The fourth-order valence-corrected chi connectivity index (χ4v) is 10.4. The van der Waals surface area contributed by atoms with Crippen LogP contribution in [0.2, 0.25) is 0 Å². The molecule has 0 unspecified atom stereocenters. The van der Waals surface area contributed by atoms with E-state index in [1.54, 1.807) is 0 Å². The second-order valence-corrected chi connectivity index (χ2v) is 16.6. The van der Waals surface area contributed by atoms with E-state index in [-0.39, 0.29) is 47.2 Å². The fraction of sp³-hybridized carbons (Fsp3) is 0.390. The lowest BCUT2D eigenvalue weighted by Crippen LogP contribution is -2.43. The van der Waals surface area contributed by atoms with Crippen molar-refractivity contribution in [2.45, 2.75) is 78.7 Å². The summed E-state index contributed by atoms with van der Waals surface area (Å²) in [6, 6.07) is 22.7. The van der Waals surface area contributed by atoms with E-state index in [4.69, 9.17) is 8.92 Å². The van der Waals surface area contributed by atoms with Gasteiger partial charge in [0.1, 0.15) is 28.8 Å². The quantitative estimate of drug-likeness (QED) is 0.177. The van der Waals surface area contributed by atoms with E-state index < -0.39 is 20.9 Å². The van der Waals surface area contributed by atoms with E-state index in [2.05, 4.69) is 0 Å². The molecule has 7 rings (SSSR count). The highest BCUT2D eigenvalue weighted by Gasteiger charge is 2.65. The second kappa shape index (κ2) is 12.2. The Kier molecular flexibility index (Phi) is 8.29. The molecule has 0 saturated heterocycles. The zero-order valence-corrected chi connectivity index (χ0v) is 29.4. The number of ether oxygens (including phenoxy) is 1. The SMILES string of the molecule is CC(C)Oc1c2cccc1Cc1cccc(c1OS(=O)(=O)C[C@@]13CC[C@@H](CC1=O)C3(C)C)Cc1cccc(c1O)Cc1cccc(c1O)C2. The molecule has 0 radical (unpaired) electrons.